The van der Waals surface area contributed by atoms with Crippen molar-refractivity contribution in [2.24, 2.45) is 5.92 Å². The molecule has 0 spiro atoms. The standard InChI is InChI=1S/C18H27N5O2/c1-5-15(14(3)4)20-18(24)23-11-7-10-22(12-13-23)17-19-9-8-16(21-17)25-6-2/h1,8-9,14-15H,6-7,10-13H2,2-4H3,(H,20,24)/t15-/m1/s1. The summed E-state index contributed by atoms with van der Waals surface area (Å²) in [6.07, 6.45) is 8.04. The molecule has 1 aromatic heterocycles. The average molecular weight is 345 g/mol. The molecule has 1 N–H and O–H groups in total. The first-order valence-corrected chi connectivity index (χ1v) is 8.77. The van der Waals surface area contributed by atoms with Crippen LogP contribution in [0.5, 0.6) is 5.88 Å². The lowest BCUT2D eigenvalue weighted by molar-refractivity contribution is 0.197. The number of hydrogen-bond acceptors (Lipinski definition) is 5. The molecular weight excluding hydrogens is 318 g/mol. The first-order valence-electron chi connectivity index (χ1n) is 8.77. The summed E-state index contributed by atoms with van der Waals surface area (Å²) in [7, 11) is 0. The third-order valence-corrected chi connectivity index (χ3v) is 4.10. The van der Waals surface area contributed by atoms with E-state index in [1.807, 2.05) is 20.8 Å². The number of urea groups is 1. The average Bonchev–Trinajstić information content (AvgIpc) is 2.86. The summed E-state index contributed by atoms with van der Waals surface area (Å²) < 4.78 is 5.44. The first-order chi connectivity index (χ1) is 12.0. The number of ether oxygens (including phenoxy) is 1. The first kappa shape index (κ1) is 18.8. The van der Waals surface area contributed by atoms with Gasteiger partial charge in [-0.3, -0.25) is 0 Å². The highest BCUT2D eigenvalue weighted by Crippen LogP contribution is 2.15. The van der Waals surface area contributed by atoms with Crippen molar-refractivity contribution in [3.63, 3.8) is 0 Å². The maximum Gasteiger partial charge on any atom is 0.318 e. The van der Waals surface area contributed by atoms with Crippen LogP contribution >= 0.6 is 0 Å². The molecule has 1 aliphatic rings. The van der Waals surface area contributed by atoms with E-state index in [4.69, 9.17) is 11.2 Å². The van der Waals surface area contributed by atoms with E-state index in [1.165, 1.54) is 0 Å². The van der Waals surface area contributed by atoms with Crippen molar-refractivity contribution in [3.8, 4) is 18.2 Å². The molecule has 136 valence electrons. The second-order valence-electron chi connectivity index (χ2n) is 6.29. The Bertz CT molecular complexity index is 614. The van der Waals surface area contributed by atoms with Gasteiger partial charge in [-0.2, -0.15) is 4.98 Å². The SMILES string of the molecule is C#C[C@@H](NC(=O)N1CCCN(c2nccc(OCC)n2)CC1)C(C)C. The van der Waals surface area contributed by atoms with E-state index in [1.54, 1.807) is 17.2 Å². The van der Waals surface area contributed by atoms with Crippen LogP contribution in [0, 0.1) is 18.3 Å². The van der Waals surface area contributed by atoms with Gasteiger partial charge in [0.1, 0.15) is 0 Å². The molecule has 0 aliphatic carbocycles. The molecule has 0 radical (unpaired) electrons. The minimum Gasteiger partial charge on any atom is -0.478 e. The Labute approximate surface area is 149 Å². The van der Waals surface area contributed by atoms with Gasteiger partial charge in [0, 0.05) is 38.4 Å². The summed E-state index contributed by atoms with van der Waals surface area (Å²) >= 11 is 0. The van der Waals surface area contributed by atoms with Gasteiger partial charge >= 0.3 is 6.03 Å². The van der Waals surface area contributed by atoms with E-state index in [0.29, 0.717) is 38.1 Å². The van der Waals surface area contributed by atoms with Crippen molar-refractivity contribution in [1.29, 1.82) is 0 Å². The zero-order chi connectivity index (χ0) is 18.2. The second-order valence-corrected chi connectivity index (χ2v) is 6.29. The van der Waals surface area contributed by atoms with Crippen molar-refractivity contribution < 1.29 is 9.53 Å². The molecule has 7 nitrogen and oxygen atoms in total. The Morgan fingerprint density at radius 2 is 2.20 bits per heavy atom. The fourth-order valence-electron chi connectivity index (χ4n) is 2.66. The summed E-state index contributed by atoms with van der Waals surface area (Å²) in [4.78, 5) is 25.1. The van der Waals surface area contributed by atoms with Gasteiger partial charge in [0.2, 0.25) is 11.8 Å². The van der Waals surface area contributed by atoms with Gasteiger partial charge in [-0.05, 0) is 19.3 Å². The Morgan fingerprint density at radius 3 is 2.88 bits per heavy atom. The maximum absolute atomic E-state index is 12.5. The van der Waals surface area contributed by atoms with Gasteiger partial charge in [-0.25, -0.2) is 9.78 Å². The fourth-order valence-corrected chi connectivity index (χ4v) is 2.66. The van der Waals surface area contributed by atoms with Crippen LogP contribution < -0.4 is 15.0 Å². The smallest absolute Gasteiger partial charge is 0.318 e. The number of anilines is 1. The Hall–Kier alpha value is -2.49. The summed E-state index contributed by atoms with van der Waals surface area (Å²) in [5.74, 6) is 4.04. The van der Waals surface area contributed by atoms with Gasteiger partial charge in [0.05, 0.1) is 12.6 Å². The van der Waals surface area contributed by atoms with Crippen LogP contribution in [-0.2, 0) is 0 Å². The van der Waals surface area contributed by atoms with Gasteiger partial charge in [-0.1, -0.05) is 19.8 Å². The molecule has 0 saturated carbocycles. The number of hydrogen-bond donors (Lipinski definition) is 1. The molecule has 0 bridgehead atoms. The molecule has 2 amide bonds. The minimum absolute atomic E-state index is 0.109. The number of nitrogens with zero attached hydrogens (tertiary/aromatic N) is 4. The number of carbonyl (C=O) groups excluding carboxylic acids is 1. The van der Waals surface area contributed by atoms with Crippen molar-refractivity contribution in [3.05, 3.63) is 12.3 Å². The molecule has 1 atom stereocenters. The molecule has 0 aromatic carbocycles. The third-order valence-electron chi connectivity index (χ3n) is 4.10. The van der Waals surface area contributed by atoms with Crippen molar-refractivity contribution in [2.45, 2.75) is 33.2 Å². The third kappa shape index (κ3) is 5.24. The van der Waals surface area contributed by atoms with Crippen molar-refractivity contribution in [2.75, 3.05) is 37.7 Å². The number of aromatic nitrogens is 2. The minimum atomic E-state index is -0.252. The Balaban J connectivity index is 1.97. The number of carbonyl (C=O) groups is 1. The lowest BCUT2D eigenvalue weighted by Gasteiger charge is -2.25. The van der Waals surface area contributed by atoms with Crippen LogP contribution in [0.4, 0.5) is 10.7 Å². The predicted molar refractivity (Wildman–Crippen MR) is 97.6 cm³/mol. The van der Waals surface area contributed by atoms with Gasteiger partial charge in [0.25, 0.3) is 0 Å². The normalized spacial score (nSPS) is 16.1. The topological polar surface area (TPSA) is 70.6 Å². The molecule has 2 heterocycles. The van der Waals surface area contributed by atoms with Crippen LogP contribution in [0.15, 0.2) is 12.3 Å². The number of terminal acetylenes is 1. The predicted octanol–water partition coefficient (Wildman–Crippen LogP) is 1.75. The molecule has 7 heteroatoms. The quantitative estimate of drug-likeness (QED) is 0.824. The lowest BCUT2D eigenvalue weighted by atomic mass is 10.1. The van der Waals surface area contributed by atoms with Crippen LogP contribution in [0.3, 0.4) is 0 Å². The molecule has 1 saturated heterocycles. The summed E-state index contributed by atoms with van der Waals surface area (Å²) in [5, 5.41) is 2.93. The van der Waals surface area contributed by atoms with Gasteiger partial charge in [-0.15, -0.1) is 6.42 Å². The molecular formula is C18H27N5O2. The van der Waals surface area contributed by atoms with Crippen LogP contribution in [0.1, 0.15) is 27.2 Å². The monoisotopic (exact) mass is 345 g/mol. The lowest BCUT2D eigenvalue weighted by Crippen LogP contribution is -2.47. The largest absolute Gasteiger partial charge is 0.478 e. The van der Waals surface area contributed by atoms with E-state index in [0.717, 1.165) is 13.0 Å². The van der Waals surface area contributed by atoms with E-state index in [-0.39, 0.29) is 18.0 Å². The van der Waals surface area contributed by atoms with Crippen molar-refractivity contribution in [1.82, 2.24) is 20.2 Å². The van der Waals surface area contributed by atoms with E-state index in [9.17, 15) is 4.79 Å². The number of rotatable bonds is 5. The summed E-state index contributed by atoms with van der Waals surface area (Å²) in [6, 6.07) is 1.39. The van der Waals surface area contributed by atoms with Crippen LogP contribution in [0.25, 0.3) is 0 Å². The molecule has 2 rings (SSSR count). The Kier molecular flexibility index (Phi) is 6.87. The molecule has 25 heavy (non-hydrogen) atoms. The maximum atomic E-state index is 12.5. The number of nitrogens with one attached hydrogen (secondary N) is 1. The van der Waals surface area contributed by atoms with E-state index < -0.39 is 0 Å². The fraction of sp³-hybridized carbons (Fsp3) is 0.611. The van der Waals surface area contributed by atoms with Gasteiger partial charge < -0.3 is 19.9 Å². The molecule has 0 unspecified atom stereocenters. The van der Waals surface area contributed by atoms with Gasteiger partial charge in [0.15, 0.2) is 0 Å². The molecule has 1 aliphatic heterocycles. The highest BCUT2D eigenvalue weighted by atomic mass is 16.5. The van der Waals surface area contributed by atoms with E-state index in [2.05, 4.69) is 26.1 Å². The molecule has 1 fully saturated rings. The van der Waals surface area contributed by atoms with Crippen LogP contribution in [-0.4, -0.2) is 59.7 Å². The zero-order valence-corrected chi connectivity index (χ0v) is 15.2. The number of amides is 2. The summed E-state index contributed by atoms with van der Waals surface area (Å²) in [5.41, 5.74) is 0. The highest BCUT2D eigenvalue weighted by molar-refractivity contribution is 5.75. The van der Waals surface area contributed by atoms with Crippen molar-refractivity contribution >= 4 is 12.0 Å². The second kappa shape index (κ2) is 9.11. The van der Waals surface area contributed by atoms with E-state index >= 15 is 0 Å². The highest BCUT2D eigenvalue weighted by Gasteiger charge is 2.23. The Morgan fingerprint density at radius 1 is 1.40 bits per heavy atom. The summed E-state index contributed by atoms with van der Waals surface area (Å²) in [6.45, 7) is 9.23. The zero-order valence-electron chi connectivity index (χ0n) is 15.2. The molecule has 1 aromatic rings. The van der Waals surface area contributed by atoms with Crippen LogP contribution in [0.2, 0.25) is 0 Å².